The topological polar surface area (TPSA) is 76.1 Å². The van der Waals surface area contributed by atoms with Gasteiger partial charge in [0.2, 0.25) is 5.91 Å². The van der Waals surface area contributed by atoms with Gasteiger partial charge in [-0.05, 0) is 36.7 Å². The van der Waals surface area contributed by atoms with Crippen molar-refractivity contribution in [2.75, 3.05) is 7.05 Å². The van der Waals surface area contributed by atoms with Gasteiger partial charge in [-0.15, -0.1) is 23.4 Å². The first-order chi connectivity index (χ1) is 14.7. The van der Waals surface area contributed by atoms with E-state index in [1.165, 1.54) is 36.5 Å². The Morgan fingerprint density at radius 2 is 1.84 bits per heavy atom. The van der Waals surface area contributed by atoms with Crippen molar-refractivity contribution in [2.45, 2.75) is 32.3 Å². The van der Waals surface area contributed by atoms with Crippen molar-refractivity contribution in [3.05, 3.63) is 64.7 Å². The number of hydrogen-bond donors (Lipinski definition) is 2. The quantitative estimate of drug-likeness (QED) is 0.537. The zero-order valence-electron chi connectivity index (χ0n) is 16.9. The first kappa shape index (κ1) is 22.7. The Kier molecular flexibility index (Phi) is 7.24. The van der Waals surface area contributed by atoms with Gasteiger partial charge in [0.15, 0.2) is 0 Å². The van der Waals surface area contributed by atoms with Crippen molar-refractivity contribution >= 4 is 17.2 Å². The van der Waals surface area contributed by atoms with E-state index in [0.717, 1.165) is 17.7 Å². The Bertz CT molecular complexity index is 1020. The van der Waals surface area contributed by atoms with Crippen molar-refractivity contribution in [2.24, 2.45) is 0 Å². The summed E-state index contributed by atoms with van der Waals surface area (Å²) in [6.07, 6.45) is -4.27. The van der Waals surface area contributed by atoms with Crippen LogP contribution in [0, 0.1) is 0 Å². The molecule has 1 amide bonds. The number of alkyl halides is 3. The zero-order valence-corrected chi connectivity index (χ0v) is 17.7. The third kappa shape index (κ3) is 6.76. The number of nitrogens with one attached hydrogen (secondary N) is 2. The van der Waals surface area contributed by atoms with Crippen molar-refractivity contribution in [1.29, 1.82) is 0 Å². The SMILES string of the molecule is CNCc1ccc(C[C@H](NC(C)=O)c2nnc(-c3cccc(OC(F)(F)F)c3)s2)cc1. The minimum absolute atomic E-state index is 0.214. The van der Waals surface area contributed by atoms with E-state index in [1.807, 2.05) is 31.3 Å². The lowest BCUT2D eigenvalue weighted by Crippen LogP contribution is -2.27. The van der Waals surface area contributed by atoms with Gasteiger partial charge in [0, 0.05) is 19.0 Å². The average Bonchev–Trinajstić information content (AvgIpc) is 3.18. The number of hydrogen-bond acceptors (Lipinski definition) is 6. The van der Waals surface area contributed by atoms with E-state index >= 15 is 0 Å². The second kappa shape index (κ2) is 9.88. The Labute approximate surface area is 181 Å². The van der Waals surface area contributed by atoms with Crippen LogP contribution < -0.4 is 15.4 Å². The highest BCUT2D eigenvalue weighted by Gasteiger charge is 2.31. The molecule has 0 aliphatic heterocycles. The fourth-order valence-corrected chi connectivity index (χ4v) is 3.89. The number of nitrogens with zero attached hydrogens (tertiary/aromatic N) is 2. The second-order valence-electron chi connectivity index (χ2n) is 6.83. The molecule has 3 aromatic rings. The van der Waals surface area contributed by atoms with Gasteiger partial charge in [-0.3, -0.25) is 4.79 Å². The number of ether oxygens (including phenoxy) is 1. The standard InChI is InChI=1S/C21H21F3N4O2S/c1-13(29)26-18(10-14-6-8-15(9-7-14)12-25-2)20-28-27-19(31-20)16-4-3-5-17(11-16)30-21(22,23)24/h3-9,11,18,25H,10,12H2,1-2H3,(H,26,29)/t18-/m0/s1. The summed E-state index contributed by atoms with van der Waals surface area (Å²) >= 11 is 1.21. The van der Waals surface area contributed by atoms with Crippen LogP contribution >= 0.6 is 11.3 Å². The summed E-state index contributed by atoms with van der Waals surface area (Å²) in [7, 11) is 1.87. The monoisotopic (exact) mass is 450 g/mol. The molecule has 0 bridgehead atoms. The molecular weight excluding hydrogens is 429 g/mol. The molecule has 164 valence electrons. The number of benzene rings is 2. The molecule has 1 atom stereocenters. The number of amides is 1. The van der Waals surface area contributed by atoms with E-state index < -0.39 is 12.4 Å². The summed E-state index contributed by atoms with van der Waals surface area (Å²) in [5.41, 5.74) is 2.60. The smallest absolute Gasteiger partial charge is 0.406 e. The molecule has 2 aromatic carbocycles. The number of rotatable bonds is 8. The summed E-state index contributed by atoms with van der Waals surface area (Å²) in [6.45, 7) is 2.18. The fourth-order valence-electron chi connectivity index (χ4n) is 3.00. The van der Waals surface area contributed by atoms with Crippen LogP contribution in [0.1, 0.15) is 29.1 Å². The molecule has 0 aliphatic carbocycles. The van der Waals surface area contributed by atoms with Crippen molar-refractivity contribution in [3.8, 4) is 16.3 Å². The van der Waals surface area contributed by atoms with Crippen LogP contribution in [0.5, 0.6) is 5.75 Å². The molecule has 0 spiro atoms. The van der Waals surface area contributed by atoms with Gasteiger partial charge in [0.25, 0.3) is 0 Å². The van der Waals surface area contributed by atoms with Crippen molar-refractivity contribution < 1.29 is 22.7 Å². The van der Waals surface area contributed by atoms with E-state index in [-0.39, 0.29) is 11.7 Å². The highest BCUT2D eigenvalue weighted by molar-refractivity contribution is 7.14. The molecule has 10 heteroatoms. The number of aromatic nitrogens is 2. The van der Waals surface area contributed by atoms with Gasteiger partial charge >= 0.3 is 6.36 Å². The molecule has 0 saturated carbocycles. The third-order valence-electron chi connectivity index (χ3n) is 4.27. The lowest BCUT2D eigenvalue weighted by molar-refractivity contribution is -0.274. The maximum atomic E-state index is 12.5. The number of halogens is 3. The maximum absolute atomic E-state index is 12.5. The summed E-state index contributed by atoms with van der Waals surface area (Å²) in [5.74, 6) is -0.545. The van der Waals surface area contributed by atoms with Gasteiger partial charge < -0.3 is 15.4 Å². The molecule has 0 radical (unpaired) electrons. The van der Waals surface area contributed by atoms with Gasteiger partial charge in [-0.1, -0.05) is 47.7 Å². The maximum Gasteiger partial charge on any atom is 0.573 e. The molecule has 2 N–H and O–H groups in total. The van der Waals surface area contributed by atoms with Gasteiger partial charge in [-0.25, -0.2) is 0 Å². The minimum Gasteiger partial charge on any atom is -0.406 e. The third-order valence-corrected chi connectivity index (χ3v) is 5.36. The average molecular weight is 450 g/mol. The molecular formula is C21H21F3N4O2S. The molecule has 3 rings (SSSR count). The predicted molar refractivity (Wildman–Crippen MR) is 111 cm³/mol. The van der Waals surface area contributed by atoms with Gasteiger partial charge in [0.1, 0.15) is 15.8 Å². The summed E-state index contributed by atoms with van der Waals surface area (Å²) in [4.78, 5) is 11.7. The van der Waals surface area contributed by atoms with Crippen LogP contribution in [-0.4, -0.2) is 29.5 Å². The van der Waals surface area contributed by atoms with E-state index in [1.54, 1.807) is 6.07 Å². The van der Waals surface area contributed by atoms with E-state index in [4.69, 9.17) is 0 Å². The summed E-state index contributed by atoms with van der Waals surface area (Å²) in [6, 6.07) is 13.1. The van der Waals surface area contributed by atoms with Gasteiger partial charge in [-0.2, -0.15) is 0 Å². The van der Waals surface area contributed by atoms with E-state index in [2.05, 4.69) is 25.6 Å². The Balaban J connectivity index is 1.81. The lowest BCUT2D eigenvalue weighted by Gasteiger charge is -2.15. The molecule has 0 aliphatic rings. The molecule has 1 heterocycles. The first-order valence-electron chi connectivity index (χ1n) is 9.42. The zero-order chi connectivity index (χ0) is 22.4. The van der Waals surface area contributed by atoms with Crippen molar-refractivity contribution in [3.63, 3.8) is 0 Å². The lowest BCUT2D eigenvalue weighted by atomic mass is 10.0. The van der Waals surface area contributed by atoms with Crippen LogP contribution in [0.25, 0.3) is 10.6 Å². The highest BCUT2D eigenvalue weighted by atomic mass is 32.1. The summed E-state index contributed by atoms with van der Waals surface area (Å²) in [5, 5.41) is 15.2. The van der Waals surface area contributed by atoms with Crippen LogP contribution in [0.2, 0.25) is 0 Å². The van der Waals surface area contributed by atoms with Gasteiger partial charge in [0.05, 0.1) is 6.04 Å². The molecule has 31 heavy (non-hydrogen) atoms. The largest absolute Gasteiger partial charge is 0.573 e. The Hall–Kier alpha value is -2.98. The fraction of sp³-hybridized carbons (Fsp3) is 0.286. The van der Waals surface area contributed by atoms with Crippen molar-refractivity contribution in [1.82, 2.24) is 20.8 Å². The molecule has 6 nitrogen and oxygen atoms in total. The van der Waals surface area contributed by atoms with E-state index in [9.17, 15) is 18.0 Å². The molecule has 0 unspecified atom stereocenters. The highest BCUT2D eigenvalue weighted by Crippen LogP contribution is 2.32. The Morgan fingerprint density at radius 1 is 1.13 bits per heavy atom. The molecule has 0 saturated heterocycles. The molecule has 0 fully saturated rings. The van der Waals surface area contributed by atoms with E-state index in [0.29, 0.717) is 22.0 Å². The minimum atomic E-state index is -4.77. The number of carbonyl (C=O) groups excluding carboxylic acids is 1. The first-order valence-corrected chi connectivity index (χ1v) is 10.2. The summed E-state index contributed by atoms with van der Waals surface area (Å²) < 4.78 is 41.4. The van der Waals surface area contributed by atoms with Crippen LogP contribution in [0.4, 0.5) is 13.2 Å². The van der Waals surface area contributed by atoms with Crippen LogP contribution in [-0.2, 0) is 17.8 Å². The second-order valence-corrected chi connectivity index (χ2v) is 7.83. The normalized spacial score (nSPS) is 12.4. The van der Waals surface area contributed by atoms with Crippen LogP contribution in [0.3, 0.4) is 0 Å². The Morgan fingerprint density at radius 3 is 2.48 bits per heavy atom. The molecule has 1 aromatic heterocycles. The number of carbonyl (C=O) groups is 1. The van der Waals surface area contributed by atoms with Crippen LogP contribution in [0.15, 0.2) is 48.5 Å². The predicted octanol–water partition coefficient (Wildman–Crippen LogP) is 4.24.